The molecule has 7 heteroatoms. The summed E-state index contributed by atoms with van der Waals surface area (Å²) in [5.74, 6) is -0.219. The maximum Gasteiger partial charge on any atom is 0.254 e. The Morgan fingerprint density at radius 3 is 2.45 bits per heavy atom. The molecule has 0 saturated carbocycles. The van der Waals surface area contributed by atoms with E-state index in [1.54, 1.807) is 24.9 Å². The minimum absolute atomic E-state index is 0.0345. The number of rotatable bonds is 4. The van der Waals surface area contributed by atoms with Gasteiger partial charge in [0, 0.05) is 23.1 Å². The molecule has 112 valence electrons. The number of nitrogens with two attached hydrogens (primary N) is 1. The first-order valence-corrected chi connectivity index (χ1v) is 8.53. The smallest absolute Gasteiger partial charge is 0.254 e. The molecule has 0 bridgehead atoms. The van der Waals surface area contributed by atoms with E-state index in [9.17, 15) is 13.2 Å². The van der Waals surface area contributed by atoms with Crippen molar-refractivity contribution in [3.63, 3.8) is 0 Å². The fourth-order valence-electron chi connectivity index (χ4n) is 1.84. The van der Waals surface area contributed by atoms with Gasteiger partial charge in [-0.3, -0.25) is 4.79 Å². The second-order valence-electron chi connectivity index (χ2n) is 4.79. The van der Waals surface area contributed by atoms with Crippen LogP contribution < -0.4 is 5.14 Å². The standard InChI is InChI=1S/C13H19BrN2O3S/c1-5-8(2)16(4)13(17)11-6-10(14)7-12(9(11)3)20(15,18)19/h6-8H,5H2,1-4H3,(H2,15,18,19). The van der Waals surface area contributed by atoms with Crippen molar-refractivity contribution < 1.29 is 13.2 Å². The topological polar surface area (TPSA) is 80.5 Å². The highest BCUT2D eigenvalue weighted by atomic mass is 79.9. The zero-order valence-corrected chi connectivity index (χ0v) is 14.4. The molecule has 1 aromatic rings. The number of carbonyl (C=O) groups is 1. The largest absolute Gasteiger partial charge is 0.339 e. The summed E-state index contributed by atoms with van der Waals surface area (Å²) in [6, 6.07) is 3.09. The van der Waals surface area contributed by atoms with Gasteiger partial charge in [0.1, 0.15) is 0 Å². The monoisotopic (exact) mass is 362 g/mol. The van der Waals surface area contributed by atoms with Gasteiger partial charge in [-0.05, 0) is 38.0 Å². The van der Waals surface area contributed by atoms with Crippen molar-refractivity contribution in [2.75, 3.05) is 7.05 Å². The van der Waals surface area contributed by atoms with Crippen molar-refractivity contribution >= 4 is 31.9 Å². The van der Waals surface area contributed by atoms with E-state index >= 15 is 0 Å². The van der Waals surface area contributed by atoms with E-state index in [1.807, 2.05) is 13.8 Å². The molecular formula is C13H19BrN2O3S. The second kappa shape index (κ2) is 6.24. The van der Waals surface area contributed by atoms with Crippen LogP contribution in [0.4, 0.5) is 0 Å². The van der Waals surface area contributed by atoms with Gasteiger partial charge in [0.25, 0.3) is 5.91 Å². The van der Waals surface area contributed by atoms with E-state index in [4.69, 9.17) is 5.14 Å². The zero-order chi connectivity index (χ0) is 15.7. The number of sulfonamides is 1. The Labute approximate surface area is 128 Å². The van der Waals surface area contributed by atoms with E-state index in [1.165, 1.54) is 6.07 Å². The van der Waals surface area contributed by atoms with Crippen molar-refractivity contribution in [2.24, 2.45) is 5.14 Å². The molecule has 1 rings (SSSR count). The van der Waals surface area contributed by atoms with Crippen LogP contribution in [-0.2, 0) is 10.0 Å². The summed E-state index contributed by atoms with van der Waals surface area (Å²) in [6.07, 6.45) is 0.817. The Kier molecular flexibility index (Phi) is 5.34. The summed E-state index contributed by atoms with van der Waals surface area (Å²) in [4.78, 5) is 14.0. The van der Waals surface area contributed by atoms with Crippen LogP contribution >= 0.6 is 15.9 Å². The van der Waals surface area contributed by atoms with Crippen LogP contribution in [0, 0.1) is 6.92 Å². The molecule has 0 aliphatic rings. The van der Waals surface area contributed by atoms with Gasteiger partial charge in [0.15, 0.2) is 0 Å². The molecule has 0 aliphatic heterocycles. The van der Waals surface area contributed by atoms with E-state index in [0.717, 1.165) is 6.42 Å². The number of primary sulfonamides is 1. The van der Waals surface area contributed by atoms with Crippen LogP contribution in [0.3, 0.4) is 0 Å². The Morgan fingerprint density at radius 1 is 1.45 bits per heavy atom. The third kappa shape index (κ3) is 3.59. The first kappa shape index (κ1) is 17.1. The van der Waals surface area contributed by atoms with Gasteiger partial charge in [-0.25, -0.2) is 13.6 Å². The molecule has 0 radical (unpaired) electrons. The minimum Gasteiger partial charge on any atom is -0.339 e. The normalized spacial score (nSPS) is 13.1. The van der Waals surface area contributed by atoms with Crippen molar-refractivity contribution in [1.29, 1.82) is 0 Å². The molecule has 1 unspecified atom stereocenters. The van der Waals surface area contributed by atoms with E-state index < -0.39 is 10.0 Å². The Hall–Kier alpha value is -0.920. The summed E-state index contributed by atoms with van der Waals surface area (Å²) in [5, 5.41) is 5.18. The molecule has 2 N–H and O–H groups in total. The Morgan fingerprint density at radius 2 is 2.00 bits per heavy atom. The van der Waals surface area contributed by atoms with Crippen LogP contribution in [0.15, 0.2) is 21.5 Å². The van der Waals surface area contributed by atoms with E-state index in [-0.39, 0.29) is 16.8 Å². The molecule has 0 saturated heterocycles. The molecule has 20 heavy (non-hydrogen) atoms. The number of hydrogen-bond acceptors (Lipinski definition) is 3. The number of nitrogens with zero attached hydrogens (tertiary/aromatic N) is 1. The highest BCUT2D eigenvalue weighted by molar-refractivity contribution is 9.10. The van der Waals surface area contributed by atoms with Crippen molar-refractivity contribution in [3.05, 3.63) is 27.7 Å². The summed E-state index contributed by atoms with van der Waals surface area (Å²) in [7, 11) is -2.16. The lowest BCUT2D eigenvalue weighted by atomic mass is 10.1. The molecule has 1 aromatic carbocycles. The lowest BCUT2D eigenvalue weighted by molar-refractivity contribution is 0.0739. The van der Waals surface area contributed by atoms with Gasteiger partial charge in [0.05, 0.1) is 4.90 Å². The lowest BCUT2D eigenvalue weighted by Gasteiger charge is -2.25. The maximum absolute atomic E-state index is 12.5. The van der Waals surface area contributed by atoms with Crippen LogP contribution in [0.25, 0.3) is 0 Å². The number of halogens is 1. The highest BCUT2D eigenvalue weighted by Crippen LogP contribution is 2.25. The summed E-state index contributed by atoms with van der Waals surface area (Å²) in [6.45, 7) is 5.51. The third-order valence-corrected chi connectivity index (χ3v) is 4.93. The van der Waals surface area contributed by atoms with Crippen LogP contribution in [0.2, 0.25) is 0 Å². The first-order valence-electron chi connectivity index (χ1n) is 6.19. The van der Waals surface area contributed by atoms with E-state index in [2.05, 4.69) is 15.9 Å². The van der Waals surface area contributed by atoms with Gasteiger partial charge in [-0.15, -0.1) is 0 Å². The average Bonchev–Trinajstić information content (AvgIpc) is 2.37. The predicted octanol–water partition coefficient (Wildman–Crippen LogP) is 2.28. The maximum atomic E-state index is 12.5. The molecule has 0 fully saturated rings. The van der Waals surface area contributed by atoms with Gasteiger partial charge in [0.2, 0.25) is 10.0 Å². The number of hydrogen-bond donors (Lipinski definition) is 1. The van der Waals surface area contributed by atoms with Crippen molar-refractivity contribution in [1.82, 2.24) is 4.90 Å². The molecule has 5 nitrogen and oxygen atoms in total. The average molecular weight is 363 g/mol. The predicted molar refractivity (Wildman–Crippen MR) is 82.1 cm³/mol. The van der Waals surface area contributed by atoms with Crippen LogP contribution in [0.5, 0.6) is 0 Å². The summed E-state index contributed by atoms with van der Waals surface area (Å²) >= 11 is 3.22. The van der Waals surface area contributed by atoms with Gasteiger partial charge >= 0.3 is 0 Å². The number of carbonyl (C=O) groups excluding carboxylic acids is 1. The molecule has 0 aromatic heterocycles. The Bertz CT molecular complexity index is 629. The van der Waals surface area contributed by atoms with Gasteiger partial charge in [-0.2, -0.15) is 0 Å². The van der Waals surface area contributed by atoms with E-state index in [0.29, 0.717) is 15.6 Å². The van der Waals surface area contributed by atoms with Crippen LogP contribution in [0.1, 0.15) is 36.2 Å². The molecule has 1 amide bonds. The first-order chi connectivity index (χ1) is 9.09. The number of amides is 1. The number of benzene rings is 1. The molecule has 0 spiro atoms. The summed E-state index contributed by atoms with van der Waals surface area (Å²) in [5.41, 5.74) is 0.710. The molecule has 0 aliphatic carbocycles. The SMILES string of the molecule is CCC(C)N(C)C(=O)c1cc(Br)cc(S(N)(=O)=O)c1C. The summed E-state index contributed by atoms with van der Waals surface area (Å²) < 4.78 is 23.7. The highest BCUT2D eigenvalue weighted by Gasteiger charge is 2.23. The van der Waals surface area contributed by atoms with Gasteiger partial charge < -0.3 is 4.90 Å². The zero-order valence-electron chi connectivity index (χ0n) is 12.0. The molecule has 0 heterocycles. The van der Waals surface area contributed by atoms with Crippen LogP contribution in [-0.4, -0.2) is 32.3 Å². The van der Waals surface area contributed by atoms with Crippen molar-refractivity contribution in [3.8, 4) is 0 Å². The Balaban J connectivity index is 3.40. The quantitative estimate of drug-likeness (QED) is 0.891. The fraction of sp³-hybridized carbons (Fsp3) is 0.462. The molecular weight excluding hydrogens is 344 g/mol. The van der Waals surface area contributed by atoms with Gasteiger partial charge in [-0.1, -0.05) is 22.9 Å². The lowest BCUT2D eigenvalue weighted by Crippen LogP contribution is -2.35. The minimum atomic E-state index is -3.86. The fourth-order valence-corrected chi connectivity index (χ4v) is 3.27. The molecule has 1 atom stereocenters. The second-order valence-corrected chi connectivity index (χ2v) is 7.24. The third-order valence-electron chi connectivity index (χ3n) is 3.43. The van der Waals surface area contributed by atoms with Crippen molar-refractivity contribution in [2.45, 2.75) is 38.1 Å².